The van der Waals surface area contributed by atoms with E-state index in [4.69, 9.17) is 4.74 Å². The third kappa shape index (κ3) is 3.59. The van der Waals surface area contributed by atoms with Gasteiger partial charge >= 0.3 is 0 Å². The zero-order chi connectivity index (χ0) is 17.2. The van der Waals surface area contributed by atoms with Crippen molar-refractivity contribution in [2.24, 2.45) is 0 Å². The molecular weight excluding hydrogens is 355 g/mol. The molecule has 0 radical (unpaired) electrons. The average Bonchev–Trinajstić information content (AvgIpc) is 2.65. The molecule has 4 rings (SSSR count). The number of benzene rings is 2. The molecule has 0 unspecified atom stereocenters. The Balaban J connectivity index is 0.00000196. The van der Waals surface area contributed by atoms with Crippen molar-refractivity contribution in [2.45, 2.75) is 18.9 Å². The van der Waals surface area contributed by atoms with Crippen LogP contribution in [0.25, 0.3) is 22.0 Å². The van der Waals surface area contributed by atoms with Crippen LogP contribution < -0.4 is 15.6 Å². The fraction of sp³-hybridized carbons (Fsp3) is 0.250. The summed E-state index contributed by atoms with van der Waals surface area (Å²) < 4.78 is 19.9. The first-order valence-electron chi connectivity index (χ1n) is 8.51. The maximum Gasteiger partial charge on any atom is 0.256 e. The van der Waals surface area contributed by atoms with E-state index in [9.17, 15) is 9.18 Å². The largest absolute Gasteiger partial charge is 0.487 e. The molecule has 4 nitrogen and oxygen atoms in total. The van der Waals surface area contributed by atoms with E-state index >= 15 is 0 Å². The van der Waals surface area contributed by atoms with Crippen molar-refractivity contribution in [3.05, 3.63) is 64.7 Å². The van der Waals surface area contributed by atoms with E-state index in [-0.39, 0.29) is 24.1 Å². The third-order valence-electron chi connectivity index (χ3n) is 4.57. The first-order valence-corrected chi connectivity index (χ1v) is 8.51. The van der Waals surface area contributed by atoms with E-state index < -0.39 is 5.82 Å². The normalized spacial score (nSPS) is 14.8. The van der Waals surface area contributed by atoms with Gasteiger partial charge in [0.15, 0.2) is 5.75 Å². The molecule has 2 aromatic carbocycles. The minimum atomic E-state index is -0.432. The second kappa shape index (κ2) is 7.89. The highest BCUT2D eigenvalue weighted by atomic mass is 35.5. The van der Waals surface area contributed by atoms with Gasteiger partial charge in [-0.3, -0.25) is 4.79 Å². The highest BCUT2D eigenvalue weighted by molar-refractivity contribution is 5.93. The van der Waals surface area contributed by atoms with Gasteiger partial charge in [-0.05, 0) is 44.1 Å². The van der Waals surface area contributed by atoms with Crippen LogP contribution in [0.4, 0.5) is 4.39 Å². The summed E-state index contributed by atoms with van der Waals surface area (Å²) in [6, 6.07) is 13.9. The van der Waals surface area contributed by atoms with E-state index in [1.165, 1.54) is 12.1 Å². The number of pyridine rings is 1. The molecular formula is C20H20ClFN2O2. The fourth-order valence-corrected chi connectivity index (χ4v) is 3.29. The molecule has 0 saturated carbocycles. The average molecular weight is 375 g/mol. The highest BCUT2D eigenvalue weighted by Gasteiger charge is 2.20. The Morgan fingerprint density at radius 3 is 2.46 bits per heavy atom. The maximum atomic E-state index is 13.6. The van der Waals surface area contributed by atoms with Crippen LogP contribution in [0, 0.1) is 5.82 Å². The lowest BCUT2D eigenvalue weighted by Gasteiger charge is -2.25. The van der Waals surface area contributed by atoms with Crippen molar-refractivity contribution in [1.82, 2.24) is 10.3 Å². The number of halogens is 2. The van der Waals surface area contributed by atoms with Gasteiger partial charge in [0.2, 0.25) is 0 Å². The SMILES string of the molecule is Cl.O=c1[nH]c(-c2ccccc2)c(OC2CCNCC2)c2ccc(F)cc12. The molecule has 26 heavy (non-hydrogen) atoms. The maximum absolute atomic E-state index is 13.6. The molecule has 0 amide bonds. The van der Waals surface area contributed by atoms with Gasteiger partial charge in [0.05, 0.1) is 11.1 Å². The van der Waals surface area contributed by atoms with Crippen molar-refractivity contribution in [3.63, 3.8) is 0 Å². The van der Waals surface area contributed by atoms with Gasteiger partial charge in [0, 0.05) is 10.9 Å². The van der Waals surface area contributed by atoms with Crippen LogP contribution in [0.15, 0.2) is 53.3 Å². The van der Waals surface area contributed by atoms with Crippen LogP contribution in [0.2, 0.25) is 0 Å². The van der Waals surface area contributed by atoms with E-state index in [0.717, 1.165) is 31.5 Å². The third-order valence-corrected chi connectivity index (χ3v) is 4.57. The number of piperidine rings is 1. The lowest BCUT2D eigenvalue weighted by molar-refractivity contribution is 0.165. The highest BCUT2D eigenvalue weighted by Crippen LogP contribution is 2.35. The Kier molecular flexibility index (Phi) is 5.59. The molecule has 1 saturated heterocycles. The summed E-state index contributed by atoms with van der Waals surface area (Å²) in [6.45, 7) is 1.81. The Labute approximate surface area is 156 Å². The lowest BCUT2D eigenvalue weighted by atomic mass is 10.0. The van der Waals surface area contributed by atoms with Gasteiger partial charge in [-0.15, -0.1) is 12.4 Å². The fourth-order valence-electron chi connectivity index (χ4n) is 3.29. The number of H-pyrrole nitrogens is 1. The number of aromatic nitrogens is 1. The van der Waals surface area contributed by atoms with E-state index in [1.54, 1.807) is 6.07 Å². The second-order valence-corrected chi connectivity index (χ2v) is 6.28. The Hall–Kier alpha value is -2.37. The van der Waals surface area contributed by atoms with E-state index in [2.05, 4.69) is 10.3 Å². The van der Waals surface area contributed by atoms with Crippen molar-refractivity contribution in [2.75, 3.05) is 13.1 Å². The molecule has 136 valence electrons. The van der Waals surface area contributed by atoms with Gasteiger partial charge in [0.1, 0.15) is 11.9 Å². The molecule has 3 aromatic rings. The Morgan fingerprint density at radius 2 is 1.73 bits per heavy atom. The summed E-state index contributed by atoms with van der Waals surface area (Å²) in [5.74, 6) is 0.186. The van der Waals surface area contributed by atoms with Crippen LogP contribution in [0.1, 0.15) is 12.8 Å². The number of fused-ring (bicyclic) bond motifs is 1. The van der Waals surface area contributed by atoms with Crippen molar-refractivity contribution >= 4 is 23.2 Å². The van der Waals surface area contributed by atoms with Gasteiger partial charge in [-0.25, -0.2) is 4.39 Å². The van der Waals surface area contributed by atoms with Crippen LogP contribution in [-0.2, 0) is 0 Å². The summed E-state index contributed by atoms with van der Waals surface area (Å²) in [6.07, 6.45) is 1.87. The molecule has 1 aliphatic rings. The summed E-state index contributed by atoms with van der Waals surface area (Å²) in [5.41, 5.74) is 1.20. The summed E-state index contributed by atoms with van der Waals surface area (Å²) in [7, 11) is 0. The number of aromatic amines is 1. The number of rotatable bonds is 3. The van der Waals surface area contributed by atoms with E-state index in [1.807, 2.05) is 30.3 Å². The minimum absolute atomic E-state index is 0. The lowest BCUT2D eigenvalue weighted by Crippen LogP contribution is -2.34. The molecule has 6 heteroatoms. The molecule has 2 N–H and O–H groups in total. The topological polar surface area (TPSA) is 54.1 Å². The van der Waals surface area contributed by atoms with E-state index in [0.29, 0.717) is 22.2 Å². The molecule has 0 atom stereocenters. The van der Waals surface area contributed by atoms with Crippen LogP contribution in [0.3, 0.4) is 0 Å². The first kappa shape index (κ1) is 18.4. The summed E-state index contributed by atoms with van der Waals surface area (Å²) in [4.78, 5) is 15.4. The van der Waals surface area contributed by atoms with Gasteiger partial charge < -0.3 is 15.0 Å². The molecule has 0 spiro atoms. The predicted molar refractivity (Wildman–Crippen MR) is 104 cm³/mol. The zero-order valence-corrected chi connectivity index (χ0v) is 14.9. The van der Waals surface area contributed by atoms with Gasteiger partial charge in [0.25, 0.3) is 5.56 Å². The summed E-state index contributed by atoms with van der Waals surface area (Å²) >= 11 is 0. The van der Waals surface area contributed by atoms with Gasteiger partial charge in [-0.2, -0.15) is 0 Å². The van der Waals surface area contributed by atoms with Crippen LogP contribution >= 0.6 is 12.4 Å². The smallest absolute Gasteiger partial charge is 0.256 e. The molecule has 2 heterocycles. The first-order chi connectivity index (χ1) is 12.2. The Bertz CT molecular complexity index is 953. The predicted octanol–water partition coefficient (Wildman–Crippen LogP) is 3.89. The van der Waals surface area contributed by atoms with Crippen LogP contribution in [-0.4, -0.2) is 24.2 Å². The number of nitrogens with one attached hydrogen (secondary N) is 2. The number of hydrogen-bond donors (Lipinski definition) is 2. The minimum Gasteiger partial charge on any atom is -0.487 e. The van der Waals surface area contributed by atoms with Crippen molar-refractivity contribution in [3.8, 4) is 17.0 Å². The zero-order valence-electron chi connectivity index (χ0n) is 14.1. The molecule has 0 aliphatic carbocycles. The molecule has 1 aromatic heterocycles. The standard InChI is InChI=1S/C20H19FN2O2.ClH/c21-14-6-7-16-17(12-14)20(24)23-18(13-4-2-1-3-5-13)19(16)25-15-8-10-22-11-9-15;/h1-7,12,15,22H,8-11H2,(H,23,24);1H. The summed E-state index contributed by atoms with van der Waals surface area (Å²) in [5, 5.41) is 4.26. The second-order valence-electron chi connectivity index (χ2n) is 6.28. The van der Waals surface area contributed by atoms with Crippen molar-refractivity contribution < 1.29 is 9.13 Å². The van der Waals surface area contributed by atoms with Crippen LogP contribution in [0.5, 0.6) is 5.75 Å². The molecule has 0 bridgehead atoms. The van der Waals surface area contributed by atoms with Gasteiger partial charge in [-0.1, -0.05) is 30.3 Å². The quantitative estimate of drug-likeness (QED) is 0.731. The van der Waals surface area contributed by atoms with Crippen molar-refractivity contribution in [1.29, 1.82) is 0 Å². The Morgan fingerprint density at radius 1 is 1.00 bits per heavy atom. The molecule has 1 aliphatic heterocycles. The number of ether oxygens (including phenoxy) is 1. The monoisotopic (exact) mass is 374 g/mol. The molecule has 1 fully saturated rings. The number of hydrogen-bond acceptors (Lipinski definition) is 3.